The third-order valence-electron chi connectivity index (χ3n) is 4.30. The van der Waals surface area contributed by atoms with E-state index in [9.17, 15) is 5.11 Å². The molecule has 3 N–H and O–H groups in total. The normalized spacial score (nSPS) is 14.1. The summed E-state index contributed by atoms with van der Waals surface area (Å²) in [5, 5.41) is 17.2. The smallest absolute Gasteiger partial charge is 0.250 e. The molecule has 0 spiro atoms. The van der Waals surface area contributed by atoms with Crippen molar-refractivity contribution < 1.29 is 9.84 Å². The number of nitrogens with zero attached hydrogens (tertiary/aromatic N) is 5. The number of rotatable bonds is 6. The molecule has 9 nitrogen and oxygen atoms in total. The number of nitrogens with one attached hydrogen (secondary N) is 2. The Hall–Kier alpha value is -3.24. The monoisotopic (exact) mass is 469 g/mol. The SMILES string of the molecule is Oc1ccccc1/C=N\Nc1nc(Nc2cccc(Br)c2)nc(N2CCOCC2)n1. The molecule has 0 radical (unpaired) electrons. The van der Waals surface area contributed by atoms with Crippen molar-refractivity contribution in [1.29, 1.82) is 0 Å². The summed E-state index contributed by atoms with van der Waals surface area (Å²) in [6, 6.07) is 14.6. The zero-order valence-corrected chi connectivity index (χ0v) is 17.6. The van der Waals surface area contributed by atoms with Crippen LogP contribution in [0.15, 0.2) is 58.1 Å². The summed E-state index contributed by atoms with van der Waals surface area (Å²) in [5.74, 6) is 1.36. The molecular formula is C20H20BrN7O2. The van der Waals surface area contributed by atoms with E-state index in [1.807, 2.05) is 35.2 Å². The number of phenolic OH excluding ortho intramolecular Hbond substituents is 1. The maximum absolute atomic E-state index is 9.86. The molecule has 2 heterocycles. The van der Waals surface area contributed by atoms with Crippen molar-refractivity contribution in [2.75, 3.05) is 41.9 Å². The molecule has 30 heavy (non-hydrogen) atoms. The number of halogens is 1. The van der Waals surface area contributed by atoms with E-state index in [-0.39, 0.29) is 11.7 Å². The lowest BCUT2D eigenvalue weighted by atomic mass is 10.2. The first-order valence-corrected chi connectivity index (χ1v) is 10.1. The van der Waals surface area contributed by atoms with Gasteiger partial charge in [0, 0.05) is 28.8 Å². The quantitative estimate of drug-likeness (QED) is 0.372. The van der Waals surface area contributed by atoms with Gasteiger partial charge in [0.05, 0.1) is 19.4 Å². The zero-order valence-electron chi connectivity index (χ0n) is 16.0. The Labute approximate surface area is 182 Å². The molecule has 0 bridgehead atoms. The van der Waals surface area contributed by atoms with Crippen molar-refractivity contribution in [3.05, 3.63) is 58.6 Å². The van der Waals surface area contributed by atoms with E-state index in [1.54, 1.807) is 18.2 Å². The van der Waals surface area contributed by atoms with Crippen LogP contribution in [-0.4, -0.2) is 52.6 Å². The first-order valence-electron chi connectivity index (χ1n) is 9.36. The van der Waals surface area contributed by atoms with Crippen LogP contribution in [0.1, 0.15) is 5.56 Å². The second-order valence-electron chi connectivity index (χ2n) is 6.45. The number of aromatic nitrogens is 3. The summed E-state index contributed by atoms with van der Waals surface area (Å²) in [7, 11) is 0. The van der Waals surface area contributed by atoms with Crippen molar-refractivity contribution in [2.45, 2.75) is 0 Å². The average molecular weight is 470 g/mol. The van der Waals surface area contributed by atoms with Gasteiger partial charge in [0.2, 0.25) is 17.8 Å². The van der Waals surface area contributed by atoms with E-state index in [4.69, 9.17) is 4.74 Å². The molecular weight excluding hydrogens is 450 g/mol. The number of ether oxygens (including phenoxy) is 1. The van der Waals surface area contributed by atoms with Crippen LogP contribution in [0, 0.1) is 0 Å². The summed E-state index contributed by atoms with van der Waals surface area (Å²) >= 11 is 3.46. The number of phenols is 1. The summed E-state index contributed by atoms with van der Waals surface area (Å²) < 4.78 is 6.36. The molecule has 0 saturated carbocycles. The summed E-state index contributed by atoms with van der Waals surface area (Å²) in [5.41, 5.74) is 4.25. The lowest BCUT2D eigenvalue weighted by Gasteiger charge is -2.27. The topological polar surface area (TPSA) is 108 Å². The summed E-state index contributed by atoms with van der Waals surface area (Å²) in [6.45, 7) is 2.63. The standard InChI is InChI=1S/C20H20BrN7O2/c21-15-5-3-6-16(12-15)23-18-24-19(26-20(25-18)28-8-10-30-11-9-28)27-22-13-14-4-1-2-7-17(14)29/h1-7,12-13,29H,8-11H2,(H2,23,24,25,26,27)/b22-13-. The first-order chi connectivity index (χ1) is 14.7. The number of para-hydroxylation sites is 1. The summed E-state index contributed by atoms with van der Waals surface area (Å²) in [6.07, 6.45) is 1.51. The highest BCUT2D eigenvalue weighted by atomic mass is 79.9. The van der Waals surface area contributed by atoms with Gasteiger partial charge in [-0.1, -0.05) is 34.1 Å². The van der Waals surface area contributed by atoms with Gasteiger partial charge >= 0.3 is 0 Å². The maximum Gasteiger partial charge on any atom is 0.250 e. The lowest BCUT2D eigenvalue weighted by Crippen LogP contribution is -2.37. The lowest BCUT2D eigenvalue weighted by molar-refractivity contribution is 0.122. The fourth-order valence-corrected chi connectivity index (χ4v) is 3.23. The number of anilines is 4. The van der Waals surface area contributed by atoms with Gasteiger partial charge in [-0.2, -0.15) is 20.1 Å². The first kappa shape index (κ1) is 20.0. The average Bonchev–Trinajstić information content (AvgIpc) is 2.76. The van der Waals surface area contributed by atoms with Gasteiger partial charge in [-0.05, 0) is 30.3 Å². The molecule has 2 aromatic carbocycles. The molecule has 1 fully saturated rings. The van der Waals surface area contributed by atoms with Crippen molar-refractivity contribution in [2.24, 2.45) is 5.10 Å². The van der Waals surface area contributed by atoms with Gasteiger partial charge < -0.3 is 20.1 Å². The number of morpholine rings is 1. The minimum atomic E-state index is 0.143. The van der Waals surface area contributed by atoms with Crippen LogP contribution in [0.3, 0.4) is 0 Å². The molecule has 1 aromatic heterocycles. The van der Waals surface area contributed by atoms with Gasteiger partial charge in [0.15, 0.2) is 0 Å². The maximum atomic E-state index is 9.86. The highest BCUT2D eigenvalue weighted by molar-refractivity contribution is 9.10. The second kappa shape index (κ2) is 9.51. The van der Waals surface area contributed by atoms with Gasteiger partial charge in [0.1, 0.15) is 5.75 Å². The molecule has 10 heteroatoms. The van der Waals surface area contributed by atoms with E-state index in [0.717, 1.165) is 10.2 Å². The van der Waals surface area contributed by atoms with Gasteiger partial charge in [-0.25, -0.2) is 5.43 Å². The third-order valence-corrected chi connectivity index (χ3v) is 4.80. The Bertz CT molecular complexity index is 1040. The number of hydrogen-bond donors (Lipinski definition) is 3. The van der Waals surface area contributed by atoms with E-state index >= 15 is 0 Å². The number of aromatic hydroxyl groups is 1. The van der Waals surface area contributed by atoms with Gasteiger partial charge in [-0.3, -0.25) is 0 Å². The fraction of sp³-hybridized carbons (Fsp3) is 0.200. The number of hydrogen-bond acceptors (Lipinski definition) is 9. The van der Waals surface area contributed by atoms with Crippen LogP contribution < -0.4 is 15.6 Å². The molecule has 1 saturated heterocycles. The Kier molecular flexibility index (Phi) is 6.35. The van der Waals surface area contributed by atoms with Crippen LogP contribution in [0.4, 0.5) is 23.5 Å². The van der Waals surface area contributed by atoms with Crippen LogP contribution >= 0.6 is 15.9 Å². The van der Waals surface area contributed by atoms with E-state index in [1.165, 1.54) is 6.21 Å². The Morgan fingerprint density at radius 1 is 1.03 bits per heavy atom. The highest BCUT2D eigenvalue weighted by Crippen LogP contribution is 2.21. The minimum Gasteiger partial charge on any atom is -0.507 e. The number of benzene rings is 2. The van der Waals surface area contributed by atoms with Crippen LogP contribution in [0.5, 0.6) is 5.75 Å². The van der Waals surface area contributed by atoms with Gasteiger partial charge in [-0.15, -0.1) is 0 Å². The minimum absolute atomic E-state index is 0.143. The van der Waals surface area contributed by atoms with Crippen molar-refractivity contribution in [3.8, 4) is 5.75 Å². The second-order valence-corrected chi connectivity index (χ2v) is 7.36. The van der Waals surface area contributed by atoms with Crippen molar-refractivity contribution in [1.82, 2.24) is 15.0 Å². The van der Waals surface area contributed by atoms with Gasteiger partial charge in [0.25, 0.3) is 0 Å². The largest absolute Gasteiger partial charge is 0.507 e. The fourth-order valence-electron chi connectivity index (χ4n) is 2.83. The predicted octanol–water partition coefficient (Wildman–Crippen LogP) is 3.37. The van der Waals surface area contributed by atoms with E-state index in [0.29, 0.717) is 43.8 Å². The Balaban J connectivity index is 1.58. The van der Waals surface area contributed by atoms with Crippen LogP contribution in [-0.2, 0) is 4.74 Å². The van der Waals surface area contributed by atoms with E-state index < -0.39 is 0 Å². The molecule has 154 valence electrons. The summed E-state index contributed by atoms with van der Waals surface area (Å²) in [4.78, 5) is 15.5. The molecule has 0 amide bonds. The predicted molar refractivity (Wildman–Crippen MR) is 120 cm³/mol. The number of hydrazone groups is 1. The molecule has 0 atom stereocenters. The van der Waals surface area contributed by atoms with Crippen LogP contribution in [0.2, 0.25) is 0 Å². The van der Waals surface area contributed by atoms with Crippen LogP contribution in [0.25, 0.3) is 0 Å². The molecule has 0 unspecified atom stereocenters. The molecule has 4 rings (SSSR count). The Morgan fingerprint density at radius 2 is 1.83 bits per heavy atom. The van der Waals surface area contributed by atoms with Crippen molar-refractivity contribution >= 4 is 45.7 Å². The molecule has 3 aromatic rings. The molecule has 1 aliphatic heterocycles. The molecule has 0 aliphatic carbocycles. The zero-order chi connectivity index (χ0) is 20.8. The highest BCUT2D eigenvalue weighted by Gasteiger charge is 2.16. The van der Waals surface area contributed by atoms with E-state index in [2.05, 4.69) is 46.7 Å². The Morgan fingerprint density at radius 3 is 2.63 bits per heavy atom. The molecule has 1 aliphatic rings. The third kappa shape index (κ3) is 5.22. The van der Waals surface area contributed by atoms with Crippen molar-refractivity contribution in [3.63, 3.8) is 0 Å².